The van der Waals surface area contributed by atoms with Gasteiger partial charge in [-0.2, -0.15) is 0 Å². The minimum Gasteiger partial charge on any atom is -0.392 e. The molecule has 5 aliphatic rings. The molecule has 0 aromatic rings. The van der Waals surface area contributed by atoms with Gasteiger partial charge in [0.05, 0.1) is 12.2 Å². The van der Waals surface area contributed by atoms with Crippen molar-refractivity contribution in [1.82, 2.24) is 0 Å². The Kier molecular flexibility index (Phi) is 8.51. The van der Waals surface area contributed by atoms with E-state index < -0.39 is 0 Å². The van der Waals surface area contributed by atoms with Crippen molar-refractivity contribution in [2.24, 2.45) is 51.2 Å². The molecule has 39 heavy (non-hydrogen) atoms. The predicted molar refractivity (Wildman–Crippen MR) is 161 cm³/mol. The van der Waals surface area contributed by atoms with Crippen LogP contribution < -0.4 is 0 Å². The Morgan fingerprint density at radius 1 is 0.949 bits per heavy atom. The summed E-state index contributed by atoms with van der Waals surface area (Å²) in [6.07, 6.45) is 18.7. The third kappa shape index (κ3) is 4.81. The highest BCUT2D eigenvalue weighted by atomic mass is 16.7. The Morgan fingerprint density at radius 2 is 1.72 bits per heavy atom. The van der Waals surface area contributed by atoms with Gasteiger partial charge >= 0.3 is 0 Å². The molecule has 4 aliphatic carbocycles. The SMILES string of the molecule is CC(C)CCC[C@@H](C)[C@H]1CC[C@@]2([C@@H](C)O)C3=CCC4C(C)(C)[C@@H](OC5CCCCO5)CC[C@]4(C)[C@H]3CC[C@]12C. The number of aliphatic hydroxyl groups is 1. The molecule has 0 amide bonds. The summed E-state index contributed by atoms with van der Waals surface area (Å²) in [5.41, 5.74) is 2.24. The molecule has 1 N–H and O–H groups in total. The lowest BCUT2D eigenvalue weighted by atomic mass is 9.40. The summed E-state index contributed by atoms with van der Waals surface area (Å²) in [5, 5.41) is 11.7. The van der Waals surface area contributed by atoms with Crippen LogP contribution in [0.3, 0.4) is 0 Å². The number of ether oxygens (including phenoxy) is 2. The maximum atomic E-state index is 11.7. The van der Waals surface area contributed by atoms with E-state index in [1.54, 1.807) is 5.57 Å². The Labute approximate surface area is 241 Å². The maximum Gasteiger partial charge on any atom is 0.157 e. The Morgan fingerprint density at radius 3 is 2.38 bits per heavy atom. The minimum absolute atomic E-state index is 0.00563. The number of fused-ring (bicyclic) bond motifs is 5. The highest BCUT2D eigenvalue weighted by Crippen LogP contribution is 2.74. The molecule has 3 heteroatoms. The van der Waals surface area contributed by atoms with Gasteiger partial charge in [-0.15, -0.1) is 0 Å². The molecule has 3 saturated carbocycles. The molecule has 2 unspecified atom stereocenters. The van der Waals surface area contributed by atoms with Crippen LogP contribution in [-0.2, 0) is 9.47 Å². The van der Waals surface area contributed by atoms with E-state index in [9.17, 15) is 5.11 Å². The normalized spacial score (nSPS) is 45.2. The molecule has 5 rings (SSSR count). The summed E-state index contributed by atoms with van der Waals surface area (Å²) in [6, 6.07) is 0. The van der Waals surface area contributed by atoms with Gasteiger partial charge in [-0.05, 0) is 117 Å². The molecule has 10 atom stereocenters. The molecule has 3 nitrogen and oxygen atoms in total. The first kappa shape index (κ1) is 30.1. The third-order valence-corrected chi connectivity index (χ3v) is 13.7. The number of hydrogen-bond acceptors (Lipinski definition) is 3. The van der Waals surface area contributed by atoms with E-state index >= 15 is 0 Å². The number of aliphatic hydroxyl groups excluding tert-OH is 1. The van der Waals surface area contributed by atoms with Crippen molar-refractivity contribution in [3.8, 4) is 0 Å². The summed E-state index contributed by atoms with van der Waals surface area (Å²) in [4.78, 5) is 0. The fourth-order valence-corrected chi connectivity index (χ4v) is 11.6. The lowest BCUT2D eigenvalue weighted by molar-refractivity contribution is -0.240. The predicted octanol–water partition coefficient (Wildman–Crippen LogP) is 9.33. The average Bonchev–Trinajstić information content (AvgIpc) is 3.20. The van der Waals surface area contributed by atoms with Gasteiger partial charge in [0, 0.05) is 12.0 Å². The van der Waals surface area contributed by atoms with Crippen LogP contribution in [0.2, 0.25) is 0 Å². The fraction of sp³-hybridized carbons (Fsp3) is 0.944. The second-order valence-corrected chi connectivity index (χ2v) is 16.3. The van der Waals surface area contributed by atoms with Crippen LogP contribution in [0.15, 0.2) is 11.6 Å². The zero-order valence-electron chi connectivity index (χ0n) is 26.9. The second-order valence-electron chi connectivity index (χ2n) is 16.3. The van der Waals surface area contributed by atoms with Crippen LogP contribution in [0.5, 0.6) is 0 Å². The molecule has 1 heterocycles. The van der Waals surface area contributed by atoms with E-state index in [1.807, 2.05) is 0 Å². The van der Waals surface area contributed by atoms with Crippen LogP contribution in [-0.4, -0.2) is 30.2 Å². The summed E-state index contributed by atoms with van der Waals surface area (Å²) >= 11 is 0. The second kappa shape index (κ2) is 11.0. The number of allylic oxidation sites excluding steroid dienone is 1. The highest BCUT2D eigenvalue weighted by Gasteiger charge is 2.68. The quantitative estimate of drug-likeness (QED) is 0.311. The lowest BCUT2D eigenvalue weighted by Crippen LogP contribution is -2.61. The molecule has 0 aromatic heterocycles. The summed E-state index contributed by atoms with van der Waals surface area (Å²) in [5.74, 6) is 3.47. The Balaban J connectivity index is 1.41. The van der Waals surface area contributed by atoms with Gasteiger partial charge in [0.25, 0.3) is 0 Å². The smallest absolute Gasteiger partial charge is 0.157 e. The molecular formula is C36H62O3. The first-order valence-corrected chi connectivity index (χ1v) is 17.0. The Hall–Kier alpha value is -0.380. The highest BCUT2D eigenvalue weighted by molar-refractivity contribution is 5.35. The van der Waals surface area contributed by atoms with E-state index in [0.29, 0.717) is 11.8 Å². The molecular weight excluding hydrogens is 480 g/mol. The molecule has 224 valence electrons. The van der Waals surface area contributed by atoms with Gasteiger partial charge in [-0.25, -0.2) is 0 Å². The largest absolute Gasteiger partial charge is 0.392 e. The molecule has 0 aromatic carbocycles. The average molecular weight is 543 g/mol. The van der Waals surface area contributed by atoms with E-state index in [-0.39, 0.29) is 40.2 Å². The van der Waals surface area contributed by atoms with E-state index in [2.05, 4.69) is 61.5 Å². The lowest BCUT2D eigenvalue weighted by Gasteiger charge is -2.65. The first-order valence-electron chi connectivity index (χ1n) is 17.0. The number of hydrogen-bond donors (Lipinski definition) is 1. The maximum absolute atomic E-state index is 11.7. The van der Waals surface area contributed by atoms with Gasteiger partial charge in [-0.3, -0.25) is 0 Å². The first-order chi connectivity index (χ1) is 18.4. The molecule has 0 bridgehead atoms. The van der Waals surface area contributed by atoms with E-state index in [0.717, 1.165) is 43.6 Å². The van der Waals surface area contributed by atoms with Gasteiger partial charge in [0.2, 0.25) is 0 Å². The monoisotopic (exact) mass is 542 g/mol. The molecule has 1 aliphatic heterocycles. The zero-order chi connectivity index (χ0) is 28.2. The van der Waals surface area contributed by atoms with Crippen LogP contribution in [0, 0.1) is 51.2 Å². The summed E-state index contributed by atoms with van der Waals surface area (Å²) in [6.45, 7) is 20.4. The topological polar surface area (TPSA) is 38.7 Å². The van der Waals surface area contributed by atoms with E-state index in [1.165, 1.54) is 64.2 Å². The zero-order valence-corrected chi connectivity index (χ0v) is 26.9. The van der Waals surface area contributed by atoms with Crippen molar-refractivity contribution in [1.29, 1.82) is 0 Å². The van der Waals surface area contributed by atoms with Crippen molar-refractivity contribution in [3.05, 3.63) is 11.6 Å². The Bertz CT molecular complexity index is 884. The van der Waals surface area contributed by atoms with Gasteiger partial charge < -0.3 is 14.6 Å². The van der Waals surface area contributed by atoms with Crippen molar-refractivity contribution in [2.75, 3.05) is 6.61 Å². The fourth-order valence-electron chi connectivity index (χ4n) is 11.6. The van der Waals surface area contributed by atoms with Crippen molar-refractivity contribution in [2.45, 2.75) is 157 Å². The van der Waals surface area contributed by atoms with Crippen LogP contribution in [0.25, 0.3) is 0 Å². The molecule has 4 fully saturated rings. The minimum atomic E-state index is -0.277. The van der Waals surface area contributed by atoms with Crippen LogP contribution in [0.1, 0.15) is 139 Å². The van der Waals surface area contributed by atoms with E-state index in [4.69, 9.17) is 9.47 Å². The van der Waals surface area contributed by atoms with Gasteiger partial charge in [0.1, 0.15) is 0 Å². The van der Waals surface area contributed by atoms with Crippen molar-refractivity contribution in [3.63, 3.8) is 0 Å². The third-order valence-electron chi connectivity index (χ3n) is 13.7. The molecule has 1 saturated heterocycles. The summed E-state index contributed by atoms with van der Waals surface area (Å²) in [7, 11) is 0. The van der Waals surface area contributed by atoms with Gasteiger partial charge in [0.15, 0.2) is 6.29 Å². The van der Waals surface area contributed by atoms with Crippen molar-refractivity contribution >= 4 is 0 Å². The standard InChI is InChI=1S/C36H62O3/c1-24(2)12-11-13-25(3)27-18-22-36(26(4)37)29-15-16-30-33(5,6)31(39-32-14-9-10-23-38-32)19-20-34(30,7)28(29)17-21-35(27,36)8/h15,24-28,30-32,37H,9-14,16-23H2,1-8H3/t25-,26-,27-,28+,30?,31+,32?,34-,35-,36-/m1/s1. The molecule has 0 spiro atoms. The van der Waals surface area contributed by atoms with Crippen LogP contribution in [0.4, 0.5) is 0 Å². The number of rotatable bonds is 8. The van der Waals surface area contributed by atoms with Crippen LogP contribution >= 0.6 is 0 Å². The van der Waals surface area contributed by atoms with Gasteiger partial charge in [-0.1, -0.05) is 79.4 Å². The summed E-state index contributed by atoms with van der Waals surface area (Å²) < 4.78 is 12.7. The molecule has 0 radical (unpaired) electrons. The van der Waals surface area contributed by atoms with Crippen molar-refractivity contribution < 1.29 is 14.6 Å².